The van der Waals surface area contributed by atoms with Crippen molar-refractivity contribution in [2.24, 2.45) is 0 Å². The number of halogens is 1. The lowest BCUT2D eigenvalue weighted by atomic mass is 10.1. The Morgan fingerprint density at radius 2 is 1.87 bits per heavy atom. The molecule has 3 aromatic heterocycles. The van der Waals surface area contributed by atoms with Crippen LogP contribution in [0.1, 0.15) is 16.0 Å². The summed E-state index contributed by atoms with van der Waals surface area (Å²) in [5.41, 5.74) is 3.13. The molecule has 0 saturated heterocycles. The number of aryl methyl sites for hydroxylation is 2. The molecule has 0 bridgehead atoms. The summed E-state index contributed by atoms with van der Waals surface area (Å²) >= 11 is 3.48. The second-order valence-corrected chi connectivity index (χ2v) is 9.66. The predicted molar refractivity (Wildman–Crippen MR) is 126 cm³/mol. The zero-order chi connectivity index (χ0) is 20.7. The molecule has 0 aliphatic carbocycles. The van der Waals surface area contributed by atoms with Crippen LogP contribution in [0.25, 0.3) is 30.7 Å². The van der Waals surface area contributed by atoms with E-state index in [1.165, 1.54) is 25.2 Å². The first-order valence-corrected chi connectivity index (χ1v) is 11.4. The maximum absolute atomic E-state index is 13.9. The van der Waals surface area contributed by atoms with Gasteiger partial charge >= 0.3 is 0 Å². The maximum atomic E-state index is 13.9. The fraction of sp³-hybridized carbons (Fsp3) is 0.167. The van der Waals surface area contributed by atoms with Crippen LogP contribution in [-0.4, -0.2) is 16.5 Å². The highest BCUT2D eigenvalue weighted by Gasteiger charge is 2.12. The highest BCUT2D eigenvalue weighted by Crippen LogP contribution is 2.35. The number of thiophene rings is 2. The van der Waals surface area contributed by atoms with Crippen molar-refractivity contribution >= 4 is 48.7 Å². The number of hydrogen-bond donors (Lipinski definition) is 1. The summed E-state index contributed by atoms with van der Waals surface area (Å²) < 4.78 is 16.4. The van der Waals surface area contributed by atoms with Crippen LogP contribution < -0.4 is 5.32 Å². The molecule has 150 valence electrons. The van der Waals surface area contributed by atoms with Gasteiger partial charge in [0.25, 0.3) is 0 Å². The number of benzene rings is 2. The minimum atomic E-state index is -0.171. The Labute approximate surface area is 182 Å². The van der Waals surface area contributed by atoms with Crippen LogP contribution in [0.15, 0.2) is 54.9 Å². The normalized spacial score (nSPS) is 11.4. The van der Waals surface area contributed by atoms with Crippen LogP contribution in [0.5, 0.6) is 0 Å². The molecule has 30 heavy (non-hydrogen) atoms. The van der Waals surface area contributed by atoms with E-state index in [0.717, 1.165) is 40.3 Å². The number of anilines is 1. The Bertz CT molecular complexity index is 1340. The fourth-order valence-corrected chi connectivity index (χ4v) is 6.00. The Hall–Kier alpha value is -2.83. The molecule has 6 heteroatoms. The van der Waals surface area contributed by atoms with Gasteiger partial charge in [0.2, 0.25) is 0 Å². The number of nitrogens with zero attached hydrogens (tertiary/aromatic N) is 2. The average molecular weight is 434 g/mol. The van der Waals surface area contributed by atoms with Crippen molar-refractivity contribution in [3.8, 4) is 10.6 Å². The smallest absolute Gasteiger partial charge is 0.129 e. The number of rotatable bonds is 5. The lowest BCUT2D eigenvalue weighted by Crippen LogP contribution is -2.07. The van der Waals surface area contributed by atoms with E-state index in [0.29, 0.717) is 0 Å². The molecule has 0 radical (unpaired) electrons. The number of aromatic nitrogens is 2. The third kappa shape index (κ3) is 3.57. The molecule has 0 atom stereocenters. The predicted octanol–water partition coefficient (Wildman–Crippen LogP) is 6.98. The van der Waals surface area contributed by atoms with Gasteiger partial charge < -0.3 is 5.32 Å². The van der Waals surface area contributed by atoms with Gasteiger partial charge in [0.1, 0.15) is 18.0 Å². The van der Waals surface area contributed by atoms with E-state index in [2.05, 4.69) is 52.5 Å². The van der Waals surface area contributed by atoms with Crippen molar-refractivity contribution in [1.82, 2.24) is 9.97 Å². The molecule has 1 N–H and O–H groups in total. The summed E-state index contributed by atoms with van der Waals surface area (Å²) in [6.07, 6.45) is 2.42. The largest absolute Gasteiger partial charge is 0.370 e. The van der Waals surface area contributed by atoms with Gasteiger partial charge in [-0.3, -0.25) is 0 Å². The zero-order valence-electron chi connectivity index (χ0n) is 16.7. The monoisotopic (exact) mass is 433 g/mol. The van der Waals surface area contributed by atoms with Gasteiger partial charge in [0, 0.05) is 26.9 Å². The fourth-order valence-electron chi connectivity index (χ4n) is 3.82. The van der Waals surface area contributed by atoms with E-state index in [-0.39, 0.29) is 5.82 Å². The molecule has 2 aromatic carbocycles. The van der Waals surface area contributed by atoms with E-state index in [1.807, 2.05) is 13.0 Å². The van der Waals surface area contributed by atoms with E-state index in [1.54, 1.807) is 41.1 Å². The van der Waals surface area contributed by atoms with Gasteiger partial charge in [-0.15, -0.1) is 22.7 Å². The molecule has 0 unspecified atom stereocenters. The second kappa shape index (κ2) is 7.78. The van der Waals surface area contributed by atoms with Gasteiger partial charge in [-0.05, 0) is 66.4 Å². The van der Waals surface area contributed by atoms with E-state index in [4.69, 9.17) is 0 Å². The topological polar surface area (TPSA) is 37.8 Å². The Kier molecular flexibility index (Phi) is 4.97. The Balaban J connectivity index is 1.35. The van der Waals surface area contributed by atoms with Gasteiger partial charge in [-0.2, -0.15) is 0 Å². The van der Waals surface area contributed by atoms with E-state index < -0.39 is 0 Å². The molecular formula is C24H20FN3S2. The number of fused-ring (bicyclic) bond motifs is 2. The standard InChI is InChI=1S/C24H20FN3S2/c1-14-9-17(25)11-19-18(15(2)29-24(14)19)7-8-26-23-12-20(27-13-28-23)22-10-16-5-3-4-6-21(16)30-22/h3-6,9-13H,7-8H2,1-2H3,(H,26,27,28). The van der Waals surface area contributed by atoms with E-state index >= 15 is 0 Å². The summed E-state index contributed by atoms with van der Waals surface area (Å²) in [6.45, 7) is 4.81. The summed E-state index contributed by atoms with van der Waals surface area (Å²) in [5.74, 6) is 0.632. The summed E-state index contributed by atoms with van der Waals surface area (Å²) in [4.78, 5) is 11.2. The minimum Gasteiger partial charge on any atom is -0.370 e. The Morgan fingerprint density at radius 3 is 2.73 bits per heavy atom. The molecule has 0 aliphatic heterocycles. The molecule has 0 spiro atoms. The second-order valence-electron chi connectivity index (χ2n) is 7.35. The summed E-state index contributed by atoms with van der Waals surface area (Å²) in [7, 11) is 0. The van der Waals surface area contributed by atoms with Gasteiger partial charge in [-0.1, -0.05) is 18.2 Å². The number of nitrogens with one attached hydrogen (secondary N) is 1. The first-order chi connectivity index (χ1) is 14.6. The SMILES string of the molecule is Cc1sc2c(C)cc(F)cc2c1CCNc1cc(-c2cc3ccccc3s2)ncn1. The molecule has 5 aromatic rings. The molecule has 3 nitrogen and oxygen atoms in total. The first kappa shape index (κ1) is 19.2. The van der Waals surface area contributed by atoms with Crippen molar-refractivity contribution < 1.29 is 4.39 Å². The molecule has 0 saturated carbocycles. The lowest BCUT2D eigenvalue weighted by molar-refractivity contribution is 0.628. The van der Waals surface area contributed by atoms with Gasteiger partial charge in [0.05, 0.1) is 10.6 Å². The third-order valence-corrected chi connectivity index (χ3v) is 7.71. The maximum Gasteiger partial charge on any atom is 0.129 e. The zero-order valence-corrected chi connectivity index (χ0v) is 18.3. The van der Waals surface area contributed by atoms with Crippen molar-refractivity contribution in [3.63, 3.8) is 0 Å². The highest BCUT2D eigenvalue weighted by atomic mass is 32.1. The van der Waals surface area contributed by atoms with Gasteiger partial charge in [0.15, 0.2) is 0 Å². The highest BCUT2D eigenvalue weighted by molar-refractivity contribution is 7.22. The van der Waals surface area contributed by atoms with Crippen molar-refractivity contribution in [2.75, 3.05) is 11.9 Å². The molecule has 5 rings (SSSR count). The molecule has 0 aliphatic rings. The van der Waals surface area contributed by atoms with Crippen LogP contribution >= 0.6 is 22.7 Å². The molecule has 3 heterocycles. The van der Waals surface area contributed by atoms with Crippen molar-refractivity contribution in [3.05, 3.63) is 76.7 Å². The summed E-state index contributed by atoms with van der Waals surface area (Å²) in [5, 5.41) is 5.67. The third-order valence-electron chi connectivity index (χ3n) is 5.27. The quantitative estimate of drug-likeness (QED) is 0.325. The van der Waals surface area contributed by atoms with Crippen LogP contribution in [0, 0.1) is 19.7 Å². The Morgan fingerprint density at radius 1 is 1.00 bits per heavy atom. The number of hydrogen-bond acceptors (Lipinski definition) is 5. The average Bonchev–Trinajstić information content (AvgIpc) is 3.30. The van der Waals surface area contributed by atoms with Crippen LogP contribution in [0.2, 0.25) is 0 Å². The van der Waals surface area contributed by atoms with Crippen molar-refractivity contribution in [1.29, 1.82) is 0 Å². The van der Waals surface area contributed by atoms with Crippen molar-refractivity contribution in [2.45, 2.75) is 20.3 Å². The minimum absolute atomic E-state index is 0.171. The molecule has 0 fully saturated rings. The van der Waals surface area contributed by atoms with Crippen LogP contribution in [-0.2, 0) is 6.42 Å². The summed E-state index contributed by atoms with van der Waals surface area (Å²) in [6, 6.07) is 15.8. The van der Waals surface area contributed by atoms with Crippen LogP contribution in [0.3, 0.4) is 0 Å². The molecule has 0 amide bonds. The van der Waals surface area contributed by atoms with Crippen LogP contribution in [0.4, 0.5) is 10.2 Å². The molecular weight excluding hydrogens is 413 g/mol. The lowest BCUT2D eigenvalue weighted by Gasteiger charge is -2.07. The van der Waals surface area contributed by atoms with E-state index in [9.17, 15) is 4.39 Å². The van der Waals surface area contributed by atoms with Gasteiger partial charge in [-0.25, -0.2) is 14.4 Å². The first-order valence-electron chi connectivity index (χ1n) is 9.81.